The van der Waals surface area contributed by atoms with Gasteiger partial charge in [0.1, 0.15) is 17.7 Å². The molecule has 0 spiro atoms. The lowest BCUT2D eigenvalue weighted by Gasteiger charge is -2.59. The van der Waals surface area contributed by atoms with E-state index in [0.29, 0.717) is 42.2 Å². The van der Waals surface area contributed by atoms with Crippen molar-refractivity contribution in [3.05, 3.63) is 0 Å². The Morgan fingerprint density at radius 3 is 2.60 bits per heavy atom. The Labute approximate surface area is 150 Å². The molecule has 25 heavy (non-hydrogen) atoms. The van der Waals surface area contributed by atoms with E-state index < -0.39 is 5.41 Å². The van der Waals surface area contributed by atoms with Gasteiger partial charge in [0.2, 0.25) is 0 Å². The number of esters is 1. The second-order valence-corrected chi connectivity index (χ2v) is 9.56. The van der Waals surface area contributed by atoms with Gasteiger partial charge in [0.15, 0.2) is 0 Å². The lowest BCUT2D eigenvalue weighted by Crippen LogP contribution is -2.57. The number of fused-ring (bicyclic) bond motifs is 5. The van der Waals surface area contributed by atoms with Crippen molar-refractivity contribution < 1.29 is 19.1 Å². The lowest BCUT2D eigenvalue weighted by atomic mass is 9.45. The maximum Gasteiger partial charge on any atom is 0.302 e. The molecule has 0 bridgehead atoms. The maximum absolute atomic E-state index is 13.2. The second kappa shape index (κ2) is 5.65. The Balaban J connectivity index is 1.60. The van der Waals surface area contributed by atoms with Crippen LogP contribution in [0.4, 0.5) is 0 Å². The Morgan fingerprint density at radius 1 is 1.12 bits per heavy atom. The first-order valence-electron chi connectivity index (χ1n) is 9.99. The number of carbonyl (C=O) groups excluding carboxylic acids is 3. The number of rotatable bonds is 1. The smallest absolute Gasteiger partial charge is 0.302 e. The fourth-order valence-electron chi connectivity index (χ4n) is 7.15. The van der Waals surface area contributed by atoms with Crippen LogP contribution in [-0.2, 0) is 19.1 Å². The van der Waals surface area contributed by atoms with Gasteiger partial charge in [-0.15, -0.1) is 0 Å². The van der Waals surface area contributed by atoms with Crippen molar-refractivity contribution in [3.63, 3.8) is 0 Å². The molecule has 4 aliphatic rings. The third kappa shape index (κ3) is 2.43. The minimum absolute atomic E-state index is 0.0175. The molecule has 0 aromatic carbocycles. The van der Waals surface area contributed by atoms with Gasteiger partial charge in [0.25, 0.3) is 0 Å². The van der Waals surface area contributed by atoms with Gasteiger partial charge in [-0.05, 0) is 61.7 Å². The summed E-state index contributed by atoms with van der Waals surface area (Å²) in [4.78, 5) is 37.0. The quantitative estimate of drug-likeness (QED) is 0.679. The molecule has 0 aromatic heterocycles. The summed E-state index contributed by atoms with van der Waals surface area (Å²) >= 11 is 0. The third-order valence-electron chi connectivity index (χ3n) is 8.35. The highest BCUT2D eigenvalue weighted by atomic mass is 16.5. The molecule has 138 valence electrons. The number of Topliss-reactive ketones (excluding diaryl/α,β-unsaturated/α-hetero) is 2. The van der Waals surface area contributed by atoms with E-state index in [2.05, 4.69) is 6.92 Å². The van der Waals surface area contributed by atoms with Crippen molar-refractivity contribution >= 4 is 17.5 Å². The zero-order valence-corrected chi connectivity index (χ0v) is 15.7. The Morgan fingerprint density at radius 2 is 1.88 bits per heavy atom. The largest absolute Gasteiger partial charge is 0.463 e. The van der Waals surface area contributed by atoms with Gasteiger partial charge in [-0.25, -0.2) is 0 Å². The van der Waals surface area contributed by atoms with Crippen LogP contribution in [0.5, 0.6) is 0 Å². The molecule has 0 saturated heterocycles. The van der Waals surface area contributed by atoms with Crippen LogP contribution in [0.3, 0.4) is 0 Å². The summed E-state index contributed by atoms with van der Waals surface area (Å²) in [7, 11) is 0. The van der Waals surface area contributed by atoms with Gasteiger partial charge in [0.05, 0.1) is 0 Å². The average Bonchev–Trinajstić information content (AvgIpc) is 2.82. The van der Waals surface area contributed by atoms with E-state index in [1.54, 1.807) is 0 Å². The lowest BCUT2D eigenvalue weighted by molar-refractivity contribution is -0.168. The first kappa shape index (κ1) is 17.2. The van der Waals surface area contributed by atoms with E-state index in [9.17, 15) is 14.4 Å². The number of ketones is 2. The Bertz CT molecular complexity index is 625. The third-order valence-corrected chi connectivity index (χ3v) is 8.35. The van der Waals surface area contributed by atoms with Gasteiger partial charge < -0.3 is 4.74 Å². The predicted molar refractivity (Wildman–Crippen MR) is 92.7 cm³/mol. The zero-order valence-electron chi connectivity index (χ0n) is 15.7. The van der Waals surface area contributed by atoms with Crippen molar-refractivity contribution in [2.24, 2.45) is 34.5 Å². The predicted octanol–water partition coefficient (Wildman–Crippen LogP) is 3.71. The molecule has 4 rings (SSSR count). The van der Waals surface area contributed by atoms with Crippen LogP contribution in [0, 0.1) is 34.5 Å². The molecule has 0 amide bonds. The molecule has 4 heteroatoms. The van der Waals surface area contributed by atoms with Crippen LogP contribution in [0.1, 0.15) is 72.1 Å². The standard InChI is InChI=1S/C21H30O4/c1-12(22)25-14-8-9-20(2)13(10-14)4-5-15-16-6-7-18(24)21(16,3)11-17(23)19(15)20/h13-16,19H,4-11H2,1-3H3/t13-,14+,15+,16+,19-,20-,21-/m0/s1. The fourth-order valence-corrected chi connectivity index (χ4v) is 7.15. The van der Waals surface area contributed by atoms with E-state index in [1.165, 1.54) is 6.92 Å². The number of hydrogen-bond donors (Lipinski definition) is 0. The van der Waals surface area contributed by atoms with E-state index in [4.69, 9.17) is 4.74 Å². The molecule has 0 radical (unpaired) electrons. The molecular formula is C21H30O4. The first-order valence-corrected chi connectivity index (χ1v) is 9.99. The molecule has 0 aliphatic heterocycles. The van der Waals surface area contributed by atoms with Crippen LogP contribution in [-0.4, -0.2) is 23.6 Å². The molecule has 0 unspecified atom stereocenters. The normalized spacial score (nSPS) is 49.2. The highest BCUT2D eigenvalue weighted by Gasteiger charge is 2.63. The van der Waals surface area contributed by atoms with Crippen LogP contribution in [0.25, 0.3) is 0 Å². The molecule has 4 nitrogen and oxygen atoms in total. The molecule has 0 aromatic rings. The van der Waals surface area contributed by atoms with Crippen molar-refractivity contribution in [1.82, 2.24) is 0 Å². The summed E-state index contributed by atoms with van der Waals surface area (Å²) in [5.74, 6) is 1.78. The minimum Gasteiger partial charge on any atom is -0.463 e. The van der Waals surface area contributed by atoms with E-state index >= 15 is 0 Å². The molecule has 0 N–H and O–H groups in total. The molecule has 4 saturated carbocycles. The number of carbonyl (C=O) groups is 3. The van der Waals surface area contributed by atoms with Crippen LogP contribution in [0.15, 0.2) is 0 Å². The fraction of sp³-hybridized carbons (Fsp3) is 0.857. The minimum atomic E-state index is -0.392. The summed E-state index contributed by atoms with van der Waals surface area (Å²) in [5.41, 5.74) is -0.375. The highest BCUT2D eigenvalue weighted by Crippen LogP contribution is 2.64. The van der Waals surface area contributed by atoms with Gasteiger partial charge in [0, 0.05) is 31.1 Å². The molecule has 7 atom stereocenters. The van der Waals surface area contributed by atoms with Crippen LogP contribution >= 0.6 is 0 Å². The molecular weight excluding hydrogens is 316 g/mol. The molecule has 0 heterocycles. The SMILES string of the molecule is CC(=O)O[C@@H]1CC[C@@]2(C)[C@@H](CC[C@H]3[C@H]2C(=O)C[C@]2(C)C(=O)CC[C@H]32)C1. The van der Waals surface area contributed by atoms with E-state index in [1.807, 2.05) is 6.92 Å². The van der Waals surface area contributed by atoms with Crippen molar-refractivity contribution in [3.8, 4) is 0 Å². The van der Waals surface area contributed by atoms with Crippen molar-refractivity contribution in [2.75, 3.05) is 0 Å². The molecule has 4 fully saturated rings. The topological polar surface area (TPSA) is 60.4 Å². The number of hydrogen-bond acceptors (Lipinski definition) is 4. The van der Waals surface area contributed by atoms with Gasteiger partial charge in [-0.1, -0.05) is 13.8 Å². The highest BCUT2D eigenvalue weighted by molar-refractivity contribution is 5.95. The zero-order chi connectivity index (χ0) is 18.0. The first-order chi connectivity index (χ1) is 11.8. The Kier molecular flexibility index (Phi) is 3.90. The number of ether oxygens (including phenoxy) is 1. The van der Waals surface area contributed by atoms with Crippen LogP contribution in [0.2, 0.25) is 0 Å². The maximum atomic E-state index is 13.2. The average molecular weight is 346 g/mol. The summed E-state index contributed by atoms with van der Waals surface area (Å²) in [6, 6.07) is 0. The van der Waals surface area contributed by atoms with Gasteiger partial charge in [-0.2, -0.15) is 0 Å². The summed E-state index contributed by atoms with van der Waals surface area (Å²) < 4.78 is 5.48. The Hall–Kier alpha value is -1.19. The van der Waals surface area contributed by atoms with Crippen LogP contribution < -0.4 is 0 Å². The monoisotopic (exact) mass is 346 g/mol. The van der Waals surface area contributed by atoms with Crippen molar-refractivity contribution in [2.45, 2.75) is 78.2 Å². The molecule has 4 aliphatic carbocycles. The van der Waals surface area contributed by atoms with E-state index in [0.717, 1.165) is 38.5 Å². The summed E-state index contributed by atoms with van der Waals surface area (Å²) in [5, 5.41) is 0. The summed E-state index contributed by atoms with van der Waals surface area (Å²) in [6.07, 6.45) is 6.97. The second-order valence-electron chi connectivity index (χ2n) is 9.56. The summed E-state index contributed by atoms with van der Waals surface area (Å²) in [6.45, 7) is 5.83. The van der Waals surface area contributed by atoms with Crippen molar-refractivity contribution in [1.29, 1.82) is 0 Å². The van der Waals surface area contributed by atoms with Gasteiger partial charge >= 0.3 is 5.97 Å². The van der Waals surface area contributed by atoms with E-state index in [-0.39, 0.29) is 23.4 Å². The van der Waals surface area contributed by atoms with Gasteiger partial charge in [-0.3, -0.25) is 14.4 Å².